The van der Waals surface area contributed by atoms with E-state index in [-0.39, 0.29) is 5.92 Å². The highest BCUT2D eigenvalue weighted by Crippen LogP contribution is 2.31. The molecule has 3 N–H and O–H groups in total. The van der Waals surface area contributed by atoms with Gasteiger partial charge in [0.05, 0.1) is 18.0 Å². The summed E-state index contributed by atoms with van der Waals surface area (Å²) in [5.74, 6) is 2.59. The normalized spacial score (nSPS) is 17.7. The van der Waals surface area contributed by atoms with Crippen LogP contribution in [0.4, 0.5) is 5.82 Å². The standard InChI is InChI=1S/C15H14N4O/c16-13-6-5-11-15(18-13)19-14(17-11)10-7-9-3-1-2-4-12(9)20-8-10/h1-6,10H,7-8H2,(H3,16,17,18,19). The van der Waals surface area contributed by atoms with Crippen LogP contribution >= 0.6 is 0 Å². The van der Waals surface area contributed by atoms with E-state index in [1.54, 1.807) is 6.07 Å². The number of nitrogen functional groups attached to an aromatic ring is 1. The van der Waals surface area contributed by atoms with Crippen molar-refractivity contribution < 1.29 is 4.74 Å². The first-order valence-electron chi connectivity index (χ1n) is 6.62. The summed E-state index contributed by atoms with van der Waals surface area (Å²) in [5.41, 5.74) is 8.48. The maximum Gasteiger partial charge on any atom is 0.179 e. The molecule has 20 heavy (non-hydrogen) atoms. The summed E-state index contributed by atoms with van der Waals surface area (Å²) >= 11 is 0. The van der Waals surface area contributed by atoms with E-state index in [2.05, 4.69) is 21.0 Å². The molecule has 3 aromatic rings. The number of benzene rings is 1. The Labute approximate surface area is 115 Å². The second-order valence-electron chi connectivity index (χ2n) is 5.05. The second kappa shape index (κ2) is 4.23. The summed E-state index contributed by atoms with van der Waals surface area (Å²) in [6.07, 6.45) is 0.922. The molecule has 0 amide bonds. The van der Waals surface area contributed by atoms with Gasteiger partial charge in [-0.05, 0) is 30.2 Å². The number of pyridine rings is 1. The summed E-state index contributed by atoms with van der Waals surface area (Å²) in [6.45, 7) is 0.631. The molecule has 0 spiro atoms. The molecule has 3 heterocycles. The molecule has 1 aliphatic heterocycles. The Bertz CT molecular complexity index is 780. The number of aromatic amines is 1. The van der Waals surface area contributed by atoms with E-state index in [0.717, 1.165) is 23.5 Å². The summed E-state index contributed by atoms with van der Waals surface area (Å²) in [4.78, 5) is 12.1. The molecule has 1 atom stereocenters. The van der Waals surface area contributed by atoms with E-state index < -0.39 is 0 Å². The molecule has 5 nitrogen and oxygen atoms in total. The minimum Gasteiger partial charge on any atom is -0.493 e. The molecular weight excluding hydrogens is 252 g/mol. The lowest BCUT2D eigenvalue weighted by Gasteiger charge is -2.23. The van der Waals surface area contributed by atoms with Crippen molar-refractivity contribution in [2.75, 3.05) is 12.3 Å². The van der Waals surface area contributed by atoms with Crippen molar-refractivity contribution in [2.24, 2.45) is 0 Å². The van der Waals surface area contributed by atoms with Crippen LogP contribution in [-0.2, 0) is 6.42 Å². The third-order valence-electron chi connectivity index (χ3n) is 3.65. The van der Waals surface area contributed by atoms with Gasteiger partial charge in [0.1, 0.15) is 17.4 Å². The van der Waals surface area contributed by atoms with Gasteiger partial charge in [0.25, 0.3) is 0 Å². The predicted octanol–water partition coefficient (Wildman–Crippen LogP) is 2.26. The number of nitrogens with two attached hydrogens (primary N) is 1. The Hall–Kier alpha value is -2.56. The SMILES string of the molecule is Nc1ccc2[nH]c(C3COc4ccccc4C3)nc2n1. The molecule has 2 aromatic heterocycles. The third-order valence-corrected chi connectivity index (χ3v) is 3.65. The van der Waals surface area contributed by atoms with Gasteiger partial charge < -0.3 is 15.5 Å². The Morgan fingerprint density at radius 2 is 2.05 bits per heavy atom. The van der Waals surface area contributed by atoms with Crippen LogP contribution in [0, 0.1) is 0 Å². The zero-order valence-corrected chi connectivity index (χ0v) is 10.8. The third kappa shape index (κ3) is 1.79. The fourth-order valence-corrected chi connectivity index (χ4v) is 2.62. The lowest BCUT2D eigenvalue weighted by atomic mass is 9.96. The number of ether oxygens (including phenoxy) is 1. The van der Waals surface area contributed by atoms with Crippen molar-refractivity contribution in [1.82, 2.24) is 15.0 Å². The second-order valence-corrected chi connectivity index (χ2v) is 5.05. The minimum atomic E-state index is 0.223. The number of H-pyrrole nitrogens is 1. The van der Waals surface area contributed by atoms with Crippen molar-refractivity contribution in [1.29, 1.82) is 0 Å². The molecule has 5 heteroatoms. The maximum absolute atomic E-state index is 5.81. The molecular formula is C15H14N4O. The van der Waals surface area contributed by atoms with E-state index in [1.807, 2.05) is 24.3 Å². The van der Waals surface area contributed by atoms with Crippen LogP contribution in [0.25, 0.3) is 11.2 Å². The largest absolute Gasteiger partial charge is 0.493 e. The van der Waals surface area contributed by atoms with E-state index in [0.29, 0.717) is 18.1 Å². The van der Waals surface area contributed by atoms with Gasteiger partial charge in [0.15, 0.2) is 5.65 Å². The minimum absolute atomic E-state index is 0.223. The first-order chi connectivity index (χ1) is 9.79. The molecule has 0 aliphatic carbocycles. The lowest BCUT2D eigenvalue weighted by molar-refractivity contribution is 0.258. The summed E-state index contributed by atoms with van der Waals surface area (Å²) in [5, 5.41) is 0. The van der Waals surface area contributed by atoms with Gasteiger partial charge in [0.2, 0.25) is 0 Å². The quantitative estimate of drug-likeness (QED) is 0.708. The van der Waals surface area contributed by atoms with Crippen LogP contribution < -0.4 is 10.5 Å². The molecule has 0 saturated carbocycles. The Kier molecular flexibility index (Phi) is 2.39. The number of rotatable bonds is 1. The first kappa shape index (κ1) is 11.3. The highest BCUT2D eigenvalue weighted by Gasteiger charge is 2.23. The zero-order valence-electron chi connectivity index (χ0n) is 10.8. The van der Waals surface area contributed by atoms with Crippen molar-refractivity contribution in [3.63, 3.8) is 0 Å². The molecule has 0 bridgehead atoms. The Balaban J connectivity index is 1.70. The van der Waals surface area contributed by atoms with Crippen LogP contribution in [0.5, 0.6) is 5.75 Å². The van der Waals surface area contributed by atoms with Crippen LogP contribution in [0.1, 0.15) is 17.3 Å². The van der Waals surface area contributed by atoms with E-state index in [1.165, 1.54) is 5.56 Å². The number of anilines is 1. The van der Waals surface area contributed by atoms with Crippen molar-refractivity contribution in [3.05, 3.63) is 47.8 Å². The first-order valence-corrected chi connectivity index (χ1v) is 6.62. The number of hydrogen-bond acceptors (Lipinski definition) is 4. The van der Waals surface area contributed by atoms with Gasteiger partial charge in [-0.25, -0.2) is 9.97 Å². The van der Waals surface area contributed by atoms with Crippen LogP contribution in [0.3, 0.4) is 0 Å². The monoisotopic (exact) mass is 266 g/mol. The predicted molar refractivity (Wildman–Crippen MR) is 76.7 cm³/mol. The number of imidazole rings is 1. The Morgan fingerprint density at radius 1 is 1.15 bits per heavy atom. The van der Waals surface area contributed by atoms with Crippen molar-refractivity contribution in [2.45, 2.75) is 12.3 Å². The number of fused-ring (bicyclic) bond motifs is 2. The average molecular weight is 266 g/mol. The summed E-state index contributed by atoms with van der Waals surface area (Å²) in [6, 6.07) is 11.8. The number of aromatic nitrogens is 3. The average Bonchev–Trinajstić information content (AvgIpc) is 2.89. The summed E-state index contributed by atoms with van der Waals surface area (Å²) in [7, 11) is 0. The van der Waals surface area contributed by atoms with Gasteiger partial charge in [0, 0.05) is 0 Å². The molecule has 0 radical (unpaired) electrons. The van der Waals surface area contributed by atoms with Gasteiger partial charge in [-0.15, -0.1) is 0 Å². The number of hydrogen-bond donors (Lipinski definition) is 2. The van der Waals surface area contributed by atoms with Crippen LogP contribution in [-0.4, -0.2) is 21.6 Å². The molecule has 100 valence electrons. The van der Waals surface area contributed by atoms with E-state index >= 15 is 0 Å². The molecule has 0 saturated heterocycles. The fraction of sp³-hybridized carbons (Fsp3) is 0.200. The fourth-order valence-electron chi connectivity index (χ4n) is 2.62. The van der Waals surface area contributed by atoms with Crippen LogP contribution in [0.15, 0.2) is 36.4 Å². The van der Waals surface area contributed by atoms with E-state index in [9.17, 15) is 0 Å². The molecule has 4 rings (SSSR count). The molecule has 1 unspecified atom stereocenters. The van der Waals surface area contributed by atoms with Gasteiger partial charge >= 0.3 is 0 Å². The van der Waals surface area contributed by atoms with Crippen molar-refractivity contribution in [3.8, 4) is 5.75 Å². The number of para-hydroxylation sites is 1. The zero-order chi connectivity index (χ0) is 13.5. The van der Waals surface area contributed by atoms with Gasteiger partial charge in [-0.1, -0.05) is 18.2 Å². The Morgan fingerprint density at radius 3 is 3.00 bits per heavy atom. The highest BCUT2D eigenvalue weighted by molar-refractivity contribution is 5.72. The molecule has 0 fully saturated rings. The highest BCUT2D eigenvalue weighted by atomic mass is 16.5. The van der Waals surface area contributed by atoms with Crippen molar-refractivity contribution >= 4 is 17.0 Å². The lowest BCUT2D eigenvalue weighted by Crippen LogP contribution is -2.20. The molecule has 1 aromatic carbocycles. The van der Waals surface area contributed by atoms with Crippen LogP contribution in [0.2, 0.25) is 0 Å². The smallest absolute Gasteiger partial charge is 0.179 e. The molecule has 1 aliphatic rings. The topological polar surface area (TPSA) is 76.8 Å². The number of nitrogens with zero attached hydrogens (tertiary/aromatic N) is 2. The van der Waals surface area contributed by atoms with Gasteiger partial charge in [-0.3, -0.25) is 0 Å². The maximum atomic E-state index is 5.81. The van der Waals surface area contributed by atoms with E-state index in [4.69, 9.17) is 10.5 Å². The summed E-state index contributed by atoms with van der Waals surface area (Å²) < 4.78 is 5.81. The number of nitrogens with one attached hydrogen (secondary N) is 1. The van der Waals surface area contributed by atoms with Gasteiger partial charge in [-0.2, -0.15) is 0 Å².